The van der Waals surface area contributed by atoms with Crippen LogP contribution >= 0.6 is 0 Å². The Hall–Kier alpha value is -2.51. The van der Waals surface area contributed by atoms with Crippen LogP contribution in [0.15, 0.2) is 36.4 Å². The maximum Gasteiger partial charge on any atom is 0.135 e. The zero-order chi connectivity index (χ0) is 25.6. The van der Waals surface area contributed by atoms with Crippen molar-refractivity contribution in [1.29, 1.82) is 0 Å². The molecule has 2 atom stereocenters. The van der Waals surface area contributed by atoms with Crippen molar-refractivity contribution < 1.29 is 17.9 Å². The van der Waals surface area contributed by atoms with Crippen molar-refractivity contribution >= 4 is 10.9 Å². The molecule has 0 amide bonds. The third-order valence-electron chi connectivity index (χ3n) is 7.46. The number of halogens is 3. The first-order valence-electron chi connectivity index (χ1n) is 13.0. The highest BCUT2D eigenvalue weighted by Gasteiger charge is 2.41. The largest absolute Gasteiger partial charge is 0.493 e. The van der Waals surface area contributed by atoms with Gasteiger partial charge in [0.25, 0.3) is 0 Å². The summed E-state index contributed by atoms with van der Waals surface area (Å²) in [4.78, 5) is 7.64. The van der Waals surface area contributed by atoms with E-state index in [9.17, 15) is 4.39 Å². The molecule has 7 heteroatoms. The minimum atomic E-state index is -1.53. The average molecular weight is 500 g/mol. The second-order valence-corrected chi connectivity index (χ2v) is 11.1. The Morgan fingerprint density at radius 1 is 1.11 bits per heavy atom. The summed E-state index contributed by atoms with van der Waals surface area (Å²) in [7, 11) is 0. The number of likely N-dealkylation sites (tertiary alicyclic amines) is 1. The van der Waals surface area contributed by atoms with Crippen molar-refractivity contribution in [3.63, 3.8) is 0 Å². The minimum absolute atomic E-state index is 0.0563. The van der Waals surface area contributed by atoms with Crippen molar-refractivity contribution in [3.05, 3.63) is 64.9 Å². The second kappa shape index (κ2) is 9.75. The molecule has 0 bridgehead atoms. The number of ether oxygens (including phenoxy) is 1. The van der Waals surface area contributed by atoms with Crippen LogP contribution in [0.5, 0.6) is 5.75 Å². The number of fused-ring (bicyclic) bond motifs is 3. The van der Waals surface area contributed by atoms with Gasteiger partial charge < -0.3 is 14.6 Å². The first-order chi connectivity index (χ1) is 17.1. The number of H-pyrrole nitrogens is 1. The minimum Gasteiger partial charge on any atom is -0.493 e. The molecule has 1 fully saturated rings. The molecule has 5 rings (SSSR count). The molecule has 0 aliphatic carbocycles. The molecular formula is C29H36F3N3O. The van der Waals surface area contributed by atoms with E-state index in [1.54, 1.807) is 0 Å². The van der Waals surface area contributed by atoms with E-state index >= 15 is 8.78 Å². The molecule has 3 aromatic rings. The molecule has 0 saturated carbocycles. The number of benzene rings is 2. The Kier molecular flexibility index (Phi) is 6.81. The number of aromatic nitrogens is 1. The molecule has 0 spiro atoms. The topological polar surface area (TPSA) is 31.5 Å². The molecule has 2 aromatic carbocycles. The summed E-state index contributed by atoms with van der Waals surface area (Å²) in [6.07, 6.45) is 1.78. The van der Waals surface area contributed by atoms with Crippen LogP contribution < -0.4 is 4.74 Å². The summed E-state index contributed by atoms with van der Waals surface area (Å²) in [6.45, 7) is 10.6. The number of nitrogens with one attached hydrogen (secondary N) is 1. The monoisotopic (exact) mass is 499 g/mol. The van der Waals surface area contributed by atoms with E-state index in [2.05, 4.69) is 16.8 Å². The van der Waals surface area contributed by atoms with Crippen molar-refractivity contribution in [2.45, 2.75) is 58.3 Å². The number of nitrogens with zero attached hydrogens (tertiary/aromatic N) is 2. The van der Waals surface area contributed by atoms with Crippen LogP contribution in [0.2, 0.25) is 0 Å². The lowest BCUT2D eigenvalue weighted by atomic mass is 9.87. The highest BCUT2D eigenvalue weighted by Crippen LogP contribution is 2.43. The number of alkyl halides is 1. The van der Waals surface area contributed by atoms with Gasteiger partial charge in [-0.05, 0) is 51.8 Å². The zero-order valence-corrected chi connectivity index (χ0v) is 21.6. The molecule has 1 saturated heterocycles. The SMILES string of the molecule is CCCN1CC(COc2cc(F)c([C@@H]3c4[nH]c5ccccc5c4C[C@@H](C)N3CC(C)(C)F)c(F)c2)C1. The summed E-state index contributed by atoms with van der Waals surface area (Å²) in [5.41, 5.74) is 1.09. The van der Waals surface area contributed by atoms with Crippen molar-refractivity contribution in [1.82, 2.24) is 14.8 Å². The van der Waals surface area contributed by atoms with E-state index in [-0.39, 0.29) is 23.9 Å². The molecule has 4 nitrogen and oxygen atoms in total. The van der Waals surface area contributed by atoms with Gasteiger partial charge in [-0.2, -0.15) is 0 Å². The Morgan fingerprint density at radius 2 is 1.81 bits per heavy atom. The van der Waals surface area contributed by atoms with Crippen LogP contribution in [0.25, 0.3) is 10.9 Å². The highest BCUT2D eigenvalue weighted by atomic mass is 19.1. The zero-order valence-electron chi connectivity index (χ0n) is 21.6. The van der Waals surface area contributed by atoms with Gasteiger partial charge in [-0.15, -0.1) is 0 Å². The van der Waals surface area contributed by atoms with Crippen LogP contribution in [0, 0.1) is 17.6 Å². The smallest absolute Gasteiger partial charge is 0.135 e. The molecule has 2 aliphatic heterocycles. The van der Waals surface area contributed by atoms with Gasteiger partial charge in [0, 0.05) is 65.9 Å². The van der Waals surface area contributed by atoms with E-state index in [1.165, 1.54) is 26.0 Å². The first-order valence-corrected chi connectivity index (χ1v) is 13.0. The molecule has 2 aliphatic rings. The predicted molar refractivity (Wildman–Crippen MR) is 137 cm³/mol. The summed E-state index contributed by atoms with van der Waals surface area (Å²) in [6, 6.07) is 9.57. The van der Waals surface area contributed by atoms with Crippen LogP contribution in [-0.2, 0) is 6.42 Å². The third kappa shape index (κ3) is 4.88. The molecule has 3 heterocycles. The maximum absolute atomic E-state index is 15.7. The molecule has 0 radical (unpaired) electrons. The quantitative estimate of drug-likeness (QED) is 0.398. The van der Waals surface area contributed by atoms with Crippen molar-refractivity contribution in [2.75, 3.05) is 32.8 Å². The summed E-state index contributed by atoms with van der Waals surface area (Å²) in [5, 5.41) is 1.04. The standard InChI is InChI=1S/C29H36F3N3O/c1-5-10-34-14-19(15-34)16-36-20-12-23(30)26(24(31)13-20)28-27-22(21-8-6-7-9-25(21)33-27)11-18(2)35(28)17-29(3,4)32/h6-9,12-13,18-19,28,33H,5,10-11,14-17H2,1-4H3/t18-,28-/m1/s1. The lowest BCUT2D eigenvalue weighted by Gasteiger charge is -2.43. The fourth-order valence-corrected chi connectivity index (χ4v) is 5.90. The van der Waals surface area contributed by atoms with Crippen LogP contribution in [-0.4, -0.2) is 59.3 Å². The van der Waals surface area contributed by atoms with Gasteiger partial charge in [-0.1, -0.05) is 25.1 Å². The summed E-state index contributed by atoms with van der Waals surface area (Å²) >= 11 is 0. The Bertz CT molecular complexity index is 1210. The second-order valence-electron chi connectivity index (χ2n) is 11.1. The van der Waals surface area contributed by atoms with E-state index in [1.807, 2.05) is 36.1 Å². The number of hydrogen-bond acceptors (Lipinski definition) is 3. The fraction of sp³-hybridized carbons (Fsp3) is 0.517. The van der Waals surface area contributed by atoms with E-state index in [4.69, 9.17) is 4.74 Å². The van der Waals surface area contributed by atoms with Crippen LogP contribution in [0.1, 0.15) is 57.0 Å². The Morgan fingerprint density at radius 3 is 2.47 bits per heavy atom. The lowest BCUT2D eigenvalue weighted by molar-refractivity contribution is 0.0611. The fourth-order valence-electron chi connectivity index (χ4n) is 5.90. The van der Waals surface area contributed by atoms with E-state index in [0.29, 0.717) is 18.9 Å². The molecule has 1 N–H and O–H groups in total. The number of aromatic amines is 1. The molecular weight excluding hydrogens is 463 g/mol. The highest BCUT2D eigenvalue weighted by molar-refractivity contribution is 5.85. The van der Waals surface area contributed by atoms with Crippen LogP contribution in [0.3, 0.4) is 0 Å². The van der Waals surface area contributed by atoms with Gasteiger partial charge in [0.05, 0.1) is 12.6 Å². The Balaban J connectivity index is 1.48. The summed E-state index contributed by atoms with van der Waals surface area (Å²) in [5.74, 6) is -0.772. The van der Waals surface area contributed by atoms with Gasteiger partial charge in [-0.3, -0.25) is 4.90 Å². The number of hydrogen-bond donors (Lipinski definition) is 1. The van der Waals surface area contributed by atoms with Crippen molar-refractivity contribution in [2.24, 2.45) is 5.92 Å². The van der Waals surface area contributed by atoms with Crippen molar-refractivity contribution in [3.8, 4) is 5.75 Å². The number of rotatable bonds is 8. The van der Waals surface area contributed by atoms with Crippen LogP contribution in [0.4, 0.5) is 13.2 Å². The van der Waals surface area contributed by atoms with E-state index in [0.717, 1.165) is 48.2 Å². The summed E-state index contributed by atoms with van der Waals surface area (Å²) < 4.78 is 52.1. The average Bonchev–Trinajstić information content (AvgIpc) is 3.14. The molecule has 36 heavy (non-hydrogen) atoms. The molecule has 194 valence electrons. The predicted octanol–water partition coefficient (Wildman–Crippen LogP) is 6.25. The van der Waals surface area contributed by atoms with Gasteiger partial charge in [0.2, 0.25) is 0 Å². The van der Waals surface area contributed by atoms with E-state index < -0.39 is 23.3 Å². The van der Waals surface area contributed by atoms with Gasteiger partial charge in [-0.25, -0.2) is 13.2 Å². The molecule has 0 unspecified atom stereocenters. The Labute approximate surface area is 211 Å². The van der Waals surface area contributed by atoms with Gasteiger partial charge >= 0.3 is 0 Å². The molecule has 1 aromatic heterocycles. The third-order valence-corrected chi connectivity index (χ3v) is 7.46. The lowest BCUT2D eigenvalue weighted by Crippen LogP contribution is -2.49. The normalized spacial score (nSPS) is 21.5. The van der Waals surface area contributed by atoms with Gasteiger partial charge in [0.1, 0.15) is 23.1 Å². The first kappa shape index (κ1) is 25.2. The number of para-hydroxylation sites is 1. The van der Waals surface area contributed by atoms with Gasteiger partial charge in [0.15, 0.2) is 0 Å². The maximum atomic E-state index is 15.7.